The summed E-state index contributed by atoms with van der Waals surface area (Å²) in [5.41, 5.74) is 0.300. The van der Waals surface area contributed by atoms with Gasteiger partial charge in [0.05, 0.1) is 0 Å². The second kappa shape index (κ2) is 5.49. The van der Waals surface area contributed by atoms with Crippen LogP contribution < -0.4 is 34.5 Å². The van der Waals surface area contributed by atoms with Crippen molar-refractivity contribution in [2.45, 2.75) is 12.8 Å². The van der Waals surface area contributed by atoms with Crippen LogP contribution in [0.5, 0.6) is 0 Å². The number of rotatable bonds is 2. The molecular formula is C10H13N2NaO2. The quantitative estimate of drug-likeness (QED) is 0.611. The Morgan fingerprint density at radius 2 is 2.13 bits per heavy atom. The number of aromatic carboxylic acids is 1. The van der Waals surface area contributed by atoms with Crippen molar-refractivity contribution < 1.29 is 40.9 Å². The number of carboxylic acids is 1. The van der Waals surface area contributed by atoms with Gasteiger partial charge in [0, 0.05) is 19.3 Å². The zero-order valence-electron chi connectivity index (χ0n) is 9.81. The molecule has 1 N–H and O–H groups in total. The largest absolute Gasteiger partial charge is 1.00 e. The van der Waals surface area contributed by atoms with Gasteiger partial charge < -0.3 is 11.4 Å². The van der Waals surface area contributed by atoms with Gasteiger partial charge in [-0.1, -0.05) is 0 Å². The maximum absolute atomic E-state index is 10.9. The molecule has 0 unspecified atom stereocenters. The van der Waals surface area contributed by atoms with Gasteiger partial charge >= 0.3 is 35.5 Å². The Labute approximate surface area is 112 Å². The number of carbonyl (C=O) groups is 1. The number of hydrogen-bond acceptors (Lipinski definition) is 3. The Balaban J connectivity index is 0.00000112. The number of carboxylic acid groups (broad SMARTS) is 1. The molecule has 1 aliphatic rings. The number of pyridine rings is 1. The van der Waals surface area contributed by atoms with E-state index in [2.05, 4.69) is 4.98 Å². The van der Waals surface area contributed by atoms with Crippen molar-refractivity contribution in [3.63, 3.8) is 0 Å². The smallest absolute Gasteiger partial charge is 1.00 e. The third-order valence-electron chi connectivity index (χ3n) is 2.42. The Morgan fingerprint density at radius 1 is 1.47 bits per heavy atom. The Hall–Kier alpha value is -0.580. The molecule has 2 heterocycles. The Bertz CT molecular complexity index is 356. The molecule has 1 aromatic heterocycles. The molecule has 0 atom stereocenters. The van der Waals surface area contributed by atoms with Gasteiger partial charge in [0.2, 0.25) is 0 Å². The summed E-state index contributed by atoms with van der Waals surface area (Å²) in [6.07, 6.45) is 3.88. The summed E-state index contributed by atoms with van der Waals surface area (Å²) in [5, 5.41) is 8.96. The zero-order chi connectivity index (χ0) is 9.97. The molecule has 0 bridgehead atoms. The van der Waals surface area contributed by atoms with Crippen molar-refractivity contribution in [1.82, 2.24) is 4.98 Å². The van der Waals surface area contributed by atoms with Gasteiger partial charge in [-0.3, -0.25) is 0 Å². The average Bonchev–Trinajstić information content (AvgIpc) is 2.70. The summed E-state index contributed by atoms with van der Waals surface area (Å²) < 4.78 is 0. The standard InChI is InChI=1S/C10H12N2O2.Na.H/c13-10(14)8-4-3-5-11-9(8)12-6-1-2-7-12;;/h3-5H,1-2,6-7H2,(H,13,14);;/q;+1;-1. The van der Waals surface area contributed by atoms with Gasteiger partial charge in [0.15, 0.2) is 0 Å². The minimum absolute atomic E-state index is 0. The number of hydrogen-bond donors (Lipinski definition) is 1. The molecule has 0 aromatic carbocycles. The average molecular weight is 216 g/mol. The summed E-state index contributed by atoms with van der Waals surface area (Å²) >= 11 is 0. The third kappa shape index (κ3) is 2.71. The first-order valence-corrected chi connectivity index (χ1v) is 4.72. The fraction of sp³-hybridized carbons (Fsp3) is 0.400. The molecule has 1 aliphatic heterocycles. The van der Waals surface area contributed by atoms with Gasteiger partial charge in [0.1, 0.15) is 11.4 Å². The van der Waals surface area contributed by atoms with E-state index in [1.165, 1.54) is 0 Å². The molecule has 0 aliphatic carbocycles. The third-order valence-corrected chi connectivity index (χ3v) is 2.42. The van der Waals surface area contributed by atoms with Gasteiger partial charge in [-0.25, -0.2) is 9.78 Å². The SMILES string of the molecule is O=C(O)c1cccnc1N1CCCC1.[H-].[Na+]. The maximum Gasteiger partial charge on any atom is 1.00 e. The van der Waals surface area contributed by atoms with Crippen LogP contribution in [0.2, 0.25) is 0 Å². The monoisotopic (exact) mass is 216 g/mol. The van der Waals surface area contributed by atoms with Crippen LogP contribution in [-0.4, -0.2) is 29.1 Å². The van der Waals surface area contributed by atoms with Crippen LogP contribution in [0.15, 0.2) is 18.3 Å². The molecule has 76 valence electrons. The fourth-order valence-corrected chi connectivity index (χ4v) is 1.74. The van der Waals surface area contributed by atoms with E-state index in [4.69, 9.17) is 5.11 Å². The normalized spacial score (nSPS) is 14.8. The van der Waals surface area contributed by atoms with Crippen molar-refractivity contribution in [2.75, 3.05) is 18.0 Å². The van der Waals surface area contributed by atoms with Crippen LogP contribution in [0, 0.1) is 0 Å². The first-order valence-electron chi connectivity index (χ1n) is 4.72. The van der Waals surface area contributed by atoms with E-state index in [0.29, 0.717) is 11.4 Å². The van der Waals surface area contributed by atoms with Crippen molar-refractivity contribution in [2.24, 2.45) is 0 Å². The van der Waals surface area contributed by atoms with Crippen molar-refractivity contribution in [1.29, 1.82) is 0 Å². The summed E-state index contributed by atoms with van der Waals surface area (Å²) in [7, 11) is 0. The second-order valence-corrected chi connectivity index (χ2v) is 3.37. The first kappa shape index (κ1) is 12.5. The minimum Gasteiger partial charge on any atom is -1.00 e. The van der Waals surface area contributed by atoms with Crippen LogP contribution in [-0.2, 0) is 0 Å². The summed E-state index contributed by atoms with van der Waals surface area (Å²) in [6.45, 7) is 1.83. The van der Waals surface area contributed by atoms with Gasteiger partial charge in [-0.15, -0.1) is 0 Å². The molecule has 15 heavy (non-hydrogen) atoms. The Kier molecular flexibility index (Phi) is 4.57. The molecular weight excluding hydrogens is 203 g/mol. The molecule has 0 spiro atoms. The van der Waals surface area contributed by atoms with Crippen LogP contribution in [0.1, 0.15) is 24.6 Å². The number of nitrogens with zero attached hydrogens (tertiary/aromatic N) is 2. The van der Waals surface area contributed by atoms with Crippen LogP contribution >= 0.6 is 0 Å². The van der Waals surface area contributed by atoms with E-state index in [1.54, 1.807) is 18.3 Å². The maximum atomic E-state index is 10.9. The predicted octanol–water partition coefficient (Wildman–Crippen LogP) is -1.50. The molecule has 4 nitrogen and oxygen atoms in total. The van der Waals surface area contributed by atoms with Gasteiger partial charge in [-0.05, 0) is 25.0 Å². The molecule has 5 heteroatoms. The van der Waals surface area contributed by atoms with E-state index >= 15 is 0 Å². The van der Waals surface area contributed by atoms with Crippen LogP contribution in [0.3, 0.4) is 0 Å². The molecule has 1 aromatic rings. The van der Waals surface area contributed by atoms with Crippen LogP contribution in [0.4, 0.5) is 5.82 Å². The van der Waals surface area contributed by atoms with Crippen molar-refractivity contribution >= 4 is 11.8 Å². The van der Waals surface area contributed by atoms with Crippen molar-refractivity contribution in [3.05, 3.63) is 23.9 Å². The van der Waals surface area contributed by atoms with E-state index < -0.39 is 5.97 Å². The van der Waals surface area contributed by atoms with E-state index in [-0.39, 0.29) is 31.0 Å². The zero-order valence-corrected chi connectivity index (χ0v) is 10.8. The minimum atomic E-state index is -0.903. The van der Waals surface area contributed by atoms with Crippen LogP contribution in [0.25, 0.3) is 0 Å². The summed E-state index contributed by atoms with van der Waals surface area (Å²) in [5.74, 6) is -0.294. The summed E-state index contributed by atoms with van der Waals surface area (Å²) in [6, 6.07) is 3.26. The molecule has 1 saturated heterocycles. The fourth-order valence-electron chi connectivity index (χ4n) is 1.74. The van der Waals surface area contributed by atoms with E-state index in [1.807, 2.05) is 4.90 Å². The molecule has 0 saturated carbocycles. The molecule has 2 rings (SSSR count). The summed E-state index contributed by atoms with van der Waals surface area (Å²) in [4.78, 5) is 17.1. The van der Waals surface area contributed by atoms with Gasteiger partial charge in [-0.2, -0.15) is 0 Å². The van der Waals surface area contributed by atoms with E-state index in [9.17, 15) is 4.79 Å². The number of anilines is 1. The molecule has 0 amide bonds. The topological polar surface area (TPSA) is 53.4 Å². The molecule has 1 fully saturated rings. The van der Waals surface area contributed by atoms with E-state index in [0.717, 1.165) is 25.9 Å². The number of aromatic nitrogens is 1. The van der Waals surface area contributed by atoms with Gasteiger partial charge in [0.25, 0.3) is 0 Å². The molecule has 0 radical (unpaired) electrons. The van der Waals surface area contributed by atoms with Crippen molar-refractivity contribution in [3.8, 4) is 0 Å². The Morgan fingerprint density at radius 3 is 2.73 bits per heavy atom. The second-order valence-electron chi connectivity index (χ2n) is 3.37. The first-order chi connectivity index (χ1) is 6.79. The predicted molar refractivity (Wildman–Crippen MR) is 53.8 cm³/mol.